The van der Waals surface area contributed by atoms with E-state index in [4.69, 9.17) is 10.7 Å². The molecule has 3 rings (SSSR count). The number of fused-ring (bicyclic) bond motifs is 1. The molecule has 0 saturated carbocycles. The molecule has 2 aromatic heterocycles. The van der Waals surface area contributed by atoms with Gasteiger partial charge < -0.3 is 11.1 Å². The van der Waals surface area contributed by atoms with Crippen molar-refractivity contribution in [1.82, 2.24) is 15.2 Å². The summed E-state index contributed by atoms with van der Waals surface area (Å²) in [4.78, 5) is 17.8. The Morgan fingerprint density at radius 3 is 3.00 bits per heavy atom. The maximum atomic E-state index is 11.7. The summed E-state index contributed by atoms with van der Waals surface area (Å²) in [5, 5.41) is 11.4. The number of nitrogens with two attached hydrogens (primary N) is 1. The van der Waals surface area contributed by atoms with Crippen molar-refractivity contribution in [2.45, 2.75) is 52.5 Å². The van der Waals surface area contributed by atoms with E-state index in [0.29, 0.717) is 17.9 Å². The van der Waals surface area contributed by atoms with Crippen LogP contribution in [-0.4, -0.2) is 21.1 Å². The average Bonchev–Trinajstić information content (AvgIpc) is 3.07. The van der Waals surface area contributed by atoms with Gasteiger partial charge in [-0.25, -0.2) is 4.98 Å². The van der Waals surface area contributed by atoms with Gasteiger partial charge in [0.1, 0.15) is 10.6 Å². The van der Waals surface area contributed by atoms with Crippen LogP contribution in [0.15, 0.2) is 0 Å². The molecule has 1 aliphatic rings. The number of nitrogens with one attached hydrogen (secondary N) is 2. The number of carbonyl (C=O) groups excluding carboxylic acids is 1. The van der Waals surface area contributed by atoms with Gasteiger partial charge in [-0.2, -0.15) is 5.10 Å². The summed E-state index contributed by atoms with van der Waals surface area (Å²) >= 11 is 1.76. The van der Waals surface area contributed by atoms with Crippen molar-refractivity contribution in [2.75, 3.05) is 5.32 Å². The molecule has 4 N–H and O–H groups in total. The van der Waals surface area contributed by atoms with Crippen molar-refractivity contribution in [3.8, 4) is 0 Å². The lowest BCUT2D eigenvalue weighted by Crippen LogP contribution is -2.15. The van der Waals surface area contributed by atoms with Crippen LogP contribution in [0.2, 0.25) is 0 Å². The normalized spacial score (nSPS) is 17.3. The molecule has 124 valence electrons. The van der Waals surface area contributed by atoms with Gasteiger partial charge in [0.25, 0.3) is 5.91 Å². The third-order valence-electron chi connectivity index (χ3n) is 4.26. The fourth-order valence-electron chi connectivity index (χ4n) is 2.98. The summed E-state index contributed by atoms with van der Waals surface area (Å²) in [6.45, 7) is 6.85. The van der Waals surface area contributed by atoms with Crippen molar-refractivity contribution in [3.05, 3.63) is 26.8 Å². The second-order valence-corrected chi connectivity index (χ2v) is 7.73. The van der Waals surface area contributed by atoms with Gasteiger partial charge in [0.05, 0.1) is 17.9 Å². The Kier molecular flexibility index (Phi) is 4.39. The van der Waals surface area contributed by atoms with Gasteiger partial charge in [0.2, 0.25) is 0 Å². The SMILES string of the molecule is CC1CCc2nc(CNc3n[nH]c(C(C)C)c3C(N)=O)sc2C1. The van der Waals surface area contributed by atoms with Crippen molar-refractivity contribution < 1.29 is 4.79 Å². The number of nitrogens with zero attached hydrogens (tertiary/aromatic N) is 2. The second kappa shape index (κ2) is 6.31. The predicted octanol–water partition coefficient (Wildman–Crippen LogP) is 2.83. The van der Waals surface area contributed by atoms with Gasteiger partial charge in [0.15, 0.2) is 5.82 Å². The summed E-state index contributed by atoms with van der Waals surface area (Å²) in [5.41, 5.74) is 7.97. The first-order valence-corrected chi connectivity index (χ1v) is 8.86. The molecule has 2 heterocycles. The molecular weight excluding hydrogens is 310 g/mol. The Hall–Kier alpha value is -1.89. The Bertz CT molecular complexity index is 718. The van der Waals surface area contributed by atoms with E-state index >= 15 is 0 Å². The number of hydrogen-bond acceptors (Lipinski definition) is 5. The molecule has 1 unspecified atom stereocenters. The Labute approximate surface area is 139 Å². The van der Waals surface area contributed by atoms with E-state index < -0.39 is 5.91 Å². The number of aromatic nitrogens is 3. The van der Waals surface area contributed by atoms with Crippen LogP contribution >= 0.6 is 11.3 Å². The minimum atomic E-state index is -0.461. The van der Waals surface area contributed by atoms with Gasteiger partial charge in [-0.15, -0.1) is 11.3 Å². The number of rotatable bonds is 5. The molecule has 1 aliphatic carbocycles. The predicted molar refractivity (Wildman–Crippen MR) is 91.8 cm³/mol. The molecule has 6 nitrogen and oxygen atoms in total. The van der Waals surface area contributed by atoms with Gasteiger partial charge in [0, 0.05) is 4.88 Å². The lowest BCUT2D eigenvalue weighted by atomic mass is 9.93. The highest BCUT2D eigenvalue weighted by Gasteiger charge is 2.22. The van der Waals surface area contributed by atoms with Crippen LogP contribution in [0.1, 0.15) is 64.7 Å². The molecule has 23 heavy (non-hydrogen) atoms. The third kappa shape index (κ3) is 3.24. The highest BCUT2D eigenvalue weighted by molar-refractivity contribution is 7.11. The summed E-state index contributed by atoms with van der Waals surface area (Å²) in [7, 11) is 0. The van der Waals surface area contributed by atoms with Crippen LogP contribution in [0.3, 0.4) is 0 Å². The van der Waals surface area contributed by atoms with Gasteiger partial charge in [-0.05, 0) is 31.1 Å². The van der Waals surface area contributed by atoms with Crippen LogP contribution in [0, 0.1) is 5.92 Å². The number of primary amides is 1. The molecule has 0 saturated heterocycles. The van der Waals surface area contributed by atoms with Crippen molar-refractivity contribution >= 4 is 23.1 Å². The number of aromatic amines is 1. The van der Waals surface area contributed by atoms with E-state index in [9.17, 15) is 4.79 Å². The molecule has 0 spiro atoms. The van der Waals surface area contributed by atoms with Crippen LogP contribution in [0.25, 0.3) is 0 Å². The van der Waals surface area contributed by atoms with Gasteiger partial charge >= 0.3 is 0 Å². The summed E-state index contributed by atoms with van der Waals surface area (Å²) in [5.74, 6) is 0.958. The van der Waals surface area contributed by atoms with E-state index in [1.165, 1.54) is 17.0 Å². The highest BCUT2D eigenvalue weighted by Crippen LogP contribution is 2.30. The first kappa shape index (κ1) is 16.0. The van der Waals surface area contributed by atoms with E-state index in [1.807, 2.05) is 13.8 Å². The number of aryl methyl sites for hydroxylation is 1. The molecule has 2 aromatic rings. The van der Waals surface area contributed by atoms with Gasteiger partial charge in [-0.1, -0.05) is 20.8 Å². The monoisotopic (exact) mass is 333 g/mol. The molecule has 1 atom stereocenters. The zero-order valence-electron chi connectivity index (χ0n) is 13.8. The molecule has 0 aromatic carbocycles. The number of H-pyrrole nitrogens is 1. The van der Waals surface area contributed by atoms with Crippen molar-refractivity contribution in [3.63, 3.8) is 0 Å². The summed E-state index contributed by atoms with van der Waals surface area (Å²) in [6.07, 6.45) is 3.41. The number of thiazole rings is 1. The van der Waals surface area contributed by atoms with Crippen molar-refractivity contribution in [2.24, 2.45) is 11.7 Å². The number of anilines is 1. The lowest BCUT2D eigenvalue weighted by molar-refractivity contribution is 0.1000. The lowest BCUT2D eigenvalue weighted by Gasteiger charge is -2.15. The molecule has 1 amide bonds. The molecular formula is C16H23N5OS. The summed E-state index contributed by atoms with van der Waals surface area (Å²) < 4.78 is 0. The molecule has 0 radical (unpaired) electrons. The number of hydrogen-bond donors (Lipinski definition) is 3. The number of amides is 1. The van der Waals surface area contributed by atoms with E-state index in [-0.39, 0.29) is 5.92 Å². The molecule has 0 bridgehead atoms. The fraction of sp³-hybridized carbons (Fsp3) is 0.562. The van der Waals surface area contributed by atoms with Gasteiger partial charge in [-0.3, -0.25) is 9.89 Å². The third-order valence-corrected chi connectivity index (χ3v) is 5.38. The minimum absolute atomic E-state index is 0.161. The maximum absolute atomic E-state index is 11.7. The Balaban J connectivity index is 1.75. The Morgan fingerprint density at radius 1 is 1.52 bits per heavy atom. The van der Waals surface area contributed by atoms with Crippen LogP contribution in [0.5, 0.6) is 0 Å². The van der Waals surface area contributed by atoms with E-state index in [0.717, 1.165) is 29.5 Å². The second-order valence-electron chi connectivity index (χ2n) is 6.56. The van der Waals surface area contributed by atoms with Crippen LogP contribution in [-0.2, 0) is 19.4 Å². The van der Waals surface area contributed by atoms with E-state index in [1.54, 1.807) is 11.3 Å². The quantitative estimate of drug-likeness (QED) is 0.784. The first-order chi connectivity index (χ1) is 11.0. The smallest absolute Gasteiger partial charge is 0.254 e. The minimum Gasteiger partial charge on any atom is -0.365 e. The highest BCUT2D eigenvalue weighted by atomic mass is 32.1. The summed E-state index contributed by atoms with van der Waals surface area (Å²) in [6, 6.07) is 0. The first-order valence-electron chi connectivity index (χ1n) is 8.05. The maximum Gasteiger partial charge on any atom is 0.254 e. The average molecular weight is 333 g/mol. The number of carbonyl (C=O) groups is 1. The van der Waals surface area contributed by atoms with E-state index in [2.05, 4.69) is 22.4 Å². The zero-order valence-corrected chi connectivity index (χ0v) is 14.6. The molecule has 7 heteroatoms. The van der Waals surface area contributed by atoms with Crippen LogP contribution < -0.4 is 11.1 Å². The topological polar surface area (TPSA) is 96.7 Å². The zero-order chi connectivity index (χ0) is 16.6. The largest absolute Gasteiger partial charge is 0.365 e. The standard InChI is InChI=1S/C16H23N5OS/c1-8(2)14-13(15(17)22)16(21-20-14)18-7-12-19-10-5-4-9(3)6-11(10)23-12/h8-9H,4-7H2,1-3H3,(H2,17,22)(H2,18,20,21). The fourth-order valence-corrected chi connectivity index (χ4v) is 4.20. The van der Waals surface area contributed by atoms with Crippen molar-refractivity contribution in [1.29, 1.82) is 0 Å². The molecule has 0 fully saturated rings. The molecule has 0 aliphatic heterocycles. The van der Waals surface area contributed by atoms with Crippen LogP contribution in [0.4, 0.5) is 5.82 Å². The Morgan fingerprint density at radius 2 is 2.30 bits per heavy atom.